The van der Waals surface area contributed by atoms with Crippen LogP contribution in [-0.2, 0) is 9.53 Å². The third-order valence-electron chi connectivity index (χ3n) is 1.73. The Morgan fingerprint density at radius 3 is 2.43 bits per heavy atom. The first-order valence-corrected chi connectivity index (χ1v) is 5.30. The Bertz CT molecular complexity index is 140. The molecule has 1 amide bonds. The van der Waals surface area contributed by atoms with Crippen molar-refractivity contribution in [2.45, 2.75) is 26.7 Å². The van der Waals surface area contributed by atoms with Crippen LogP contribution in [0.25, 0.3) is 0 Å². The van der Waals surface area contributed by atoms with E-state index in [0.717, 1.165) is 39.1 Å². The van der Waals surface area contributed by atoms with Gasteiger partial charge in [-0.25, -0.2) is 0 Å². The summed E-state index contributed by atoms with van der Waals surface area (Å²) in [6, 6.07) is 0. The average Bonchev–Trinajstić information content (AvgIpc) is 2.15. The van der Waals surface area contributed by atoms with Crippen molar-refractivity contribution in [2.75, 3.05) is 32.8 Å². The molecule has 0 aromatic rings. The van der Waals surface area contributed by atoms with Gasteiger partial charge in [0.15, 0.2) is 0 Å². The molecule has 0 bridgehead atoms. The lowest BCUT2D eigenvalue weighted by Gasteiger charge is -2.04. The van der Waals surface area contributed by atoms with Crippen LogP contribution in [-0.4, -0.2) is 38.8 Å². The van der Waals surface area contributed by atoms with Crippen molar-refractivity contribution < 1.29 is 9.53 Å². The first kappa shape index (κ1) is 13.4. The SMILES string of the molecule is CCNCCCOCCCNC(C)=O. The predicted octanol–water partition coefficient (Wildman–Crippen LogP) is 0.529. The summed E-state index contributed by atoms with van der Waals surface area (Å²) >= 11 is 0. The average molecular weight is 202 g/mol. The van der Waals surface area contributed by atoms with E-state index in [1.807, 2.05) is 0 Å². The van der Waals surface area contributed by atoms with Crippen LogP contribution in [0.2, 0.25) is 0 Å². The highest BCUT2D eigenvalue weighted by Gasteiger charge is 1.91. The van der Waals surface area contributed by atoms with Gasteiger partial charge in [-0.3, -0.25) is 4.79 Å². The summed E-state index contributed by atoms with van der Waals surface area (Å²) in [6.45, 7) is 7.89. The molecule has 2 N–H and O–H groups in total. The van der Waals surface area contributed by atoms with Crippen molar-refractivity contribution >= 4 is 5.91 Å². The van der Waals surface area contributed by atoms with Gasteiger partial charge in [0.1, 0.15) is 0 Å². The van der Waals surface area contributed by atoms with Crippen molar-refractivity contribution in [3.63, 3.8) is 0 Å². The Morgan fingerprint density at radius 1 is 1.21 bits per heavy atom. The molecule has 0 aliphatic heterocycles. The Hall–Kier alpha value is -0.610. The molecule has 0 rings (SSSR count). The third-order valence-corrected chi connectivity index (χ3v) is 1.73. The van der Waals surface area contributed by atoms with Crippen molar-refractivity contribution in [3.05, 3.63) is 0 Å². The number of ether oxygens (including phenoxy) is 1. The van der Waals surface area contributed by atoms with Gasteiger partial charge < -0.3 is 15.4 Å². The second-order valence-electron chi connectivity index (χ2n) is 3.16. The number of hydrogen-bond donors (Lipinski definition) is 2. The van der Waals surface area contributed by atoms with Crippen molar-refractivity contribution in [3.8, 4) is 0 Å². The van der Waals surface area contributed by atoms with Gasteiger partial charge in [0.05, 0.1) is 0 Å². The van der Waals surface area contributed by atoms with Crippen LogP contribution in [0.3, 0.4) is 0 Å². The minimum absolute atomic E-state index is 0.0251. The maximum absolute atomic E-state index is 10.5. The number of amides is 1. The first-order valence-electron chi connectivity index (χ1n) is 5.30. The zero-order valence-corrected chi connectivity index (χ0v) is 9.27. The van der Waals surface area contributed by atoms with Gasteiger partial charge in [0.2, 0.25) is 5.91 Å². The van der Waals surface area contributed by atoms with Gasteiger partial charge in [-0.05, 0) is 25.9 Å². The molecule has 0 unspecified atom stereocenters. The number of hydrogen-bond acceptors (Lipinski definition) is 3. The van der Waals surface area contributed by atoms with E-state index in [1.165, 1.54) is 6.92 Å². The van der Waals surface area contributed by atoms with E-state index in [-0.39, 0.29) is 5.91 Å². The molecule has 84 valence electrons. The molecule has 0 atom stereocenters. The van der Waals surface area contributed by atoms with E-state index in [0.29, 0.717) is 6.54 Å². The number of rotatable bonds is 9. The normalized spacial score (nSPS) is 10.1. The second-order valence-corrected chi connectivity index (χ2v) is 3.16. The molecule has 14 heavy (non-hydrogen) atoms. The van der Waals surface area contributed by atoms with Crippen LogP contribution in [0, 0.1) is 0 Å². The molecule has 0 saturated heterocycles. The molecule has 4 heteroatoms. The Morgan fingerprint density at radius 2 is 1.86 bits per heavy atom. The Balaban J connectivity index is 2.88. The summed E-state index contributed by atoms with van der Waals surface area (Å²) in [4.78, 5) is 10.5. The highest BCUT2D eigenvalue weighted by atomic mass is 16.5. The van der Waals surface area contributed by atoms with E-state index >= 15 is 0 Å². The number of nitrogens with one attached hydrogen (secondary N) is 2. The molecular formula is C10H22N2O2. The molecule has 0 aliphatic rings. The van der Waals surface area contributed by atoms with Crippen LogP contribution >= 0.6 is 0 Å². The zero-order chi connectivity index (χ0) is 10.6. The van der Waals surface area contributed by atoms with Gasteiger partial charge in [0, 0.05) is 26.7 Å². The van der Waals surface area contributed by atoms with Crippen LogP contribution in [0.15, 0.2) is 0 Å². The summed E-state index contributed by atoms with van der Waals surface area (Å²) in [5.74, 6) is 0.0251. The number of carbonyl (C=O) groups excluding carboxylic acids is 1. The van der Waals surface area contributed by atoms with E-state index in [2.05, 4.69) is 17.6 Å². The molecule has 4 nitrogen and oxygen atoms in total. The van der Waals surface area contributed by atoms with Crippen molar-refractivity contribution in [1.29, 1.82) is 0 Å². The van der Waals surface area contributed by atoms with Gasteiger partial charge in [-0.15, -0.1) is 0 Å². The predicted molar refractivity (Wildman–Crippen MR) is 57.3 cm³/mol. The van der Waals surface area contributed by atoms with Crippen molar-refractivity contribution in [2.24, 2.45) is 0 Å². The van der Waals surface area contributed by atoms with Gasteiger partial charge in [-0.1, -0.05) is 6.92 Å². The van der Waals surface area contributed by atoms with Crippen LogP contribution in [0.1, 0.15) is 26.7 Å². The van der Waals surface area contributed by atoms with Crippen LogP contribution < -0.4 is 10.6 Å². The lowest BCUT2D eigenvalue weighted by atomic mass is 10.4. The lowest BCUT2D eigenvalue weighted by molar-refractivity contribution is -0.119. The maximum atomic E-state index is 10.5. The molecule has 0 spiro atoms. The Labute approximate surface area is 86.4 Å². The van der Waals surface area contributed by atoms with Gasteiger partial charge in [-0.2, -0.15) is 0 Å². The second kappa shape index (κ2) is 10.5. The Kier molecular flexibility index (Phi) is 10.0. The van der Waals surface area contributed by atoms with Gasteiger partial charge >= 0.3 is 0 Å². The van der Waals surface area contributed by atoms with E-state index in [4.69, 9.17) is 4.74 Å². The maximum Gasteiger partial charge on any atom is 0.216 e. The van der Waals surface area contributed by atoms with E-state index < -0.39 is 0 Å². The largest absolute Gasteiger partial charge is 0.381 e. The fraction of sp³-hybridized carbons (Fsp3) is 0.900. The summed E-state index contributed by atoms with van der Waals surface area (Å²) in [6.07, 6.45) is 1.94. The highest BCUT2D eigenvalue weighted by Crippen LogP contribution is 1.84. The van der Waals surface area contributed by atoms with E-state index in [1.54, 1.807) is 0 Å². The molecule has 0 radical (unpaired) electrons. The highest BCUT2D eigenvalue weighted by molar-refractivity contribution is 5.72. The molecule has 0 fully saturated rings. The summed E-state index contributed by atoms with van der Waals surface area (Å²) in [7, 11) is 0. The molecular weight excluding hydrogens is 180 g/mol. The molecule has 0 aromatic heterocycles. The van der Waals surface area contributed by atoms with Crippen molar-refractivity contribution in [1.82, 2.24) is 10.6 Å². The third kappa shape index (κ3) is 11.4. The summed E-state index contributed by atoms with van der Waals surface area (Å²) in [5, 5.41) is 5.95. The topological polar surface area (TPSA) is 50.4 Å². The van der Waals surface area contributed by atoms with Crippen LogP contribution in [0.4, 0.5) is 0 Å². The quantitative estimate of drug-likeness (QED) is 0.536. The summed E-state index contributed by atoms with van der Waals surface area (Å²) < 4.78 is 5.37. The standard InChI is InChI=1S/C10H22N2O2/c1-3-11-6-4-8-14-9-5-7-12-10(2)13/h11H,3-9H2,1-2H3,(H,12,13). The lowest BCUT2D eigenvalue weighted by Crippen LogP contribution is -2.22. The molecule has 0 aromatic carbocycles. The minimum Gasteiger partial charge on any atom is -0.381 e. The zero-order valence-electron chi connectivity index (χ0n) is 9.27. The first-order chi connectivity index (χ1) is 6.77. The van der Waals surface area contributed by atoms with E-state index in [9.17, 15) is 4.79 Å². The smallest absolute Gasteiger partial charge is 0.216 e. The molecule has 0 heterocycles. The van der Waals surface area contributed by atoms with Gasteiger partial charge in [0.25, 0.3) is 0 Å². The minimum atomic E-state index is 0.0251. The fourth-order valence-electron chi connectivity index (χ4n) is 1.02. The molecule has 0 aliphatic carbocycles. The monoisotopic (exact) mass is 202 g/mol. The van der Waals surface area contributed by atoms with Crippen LogP contribution in [0.5, 0.6) is 0 Å². The fourth-order valence-corrected chi connectivity index (χ4v) is 1.02. The molecule has 0 saturated carbocycles. The number of carbonyl (C=O) groups is 1. The summed E-state index contributed by atoms with van der Waals surface area (Å²) in [5.41, 5.74) is 0.